The lowest BCUT2D eigenvalue weighted by Gasteiger charge is -2.24. The van der Waals surface area contributed by atoms with Gasteiger partial charge in [-0.3, -0.25) is 5.32 Å². The third kappa shape index (κ3) is 4.26. The topological polar surface area (TPSA) is 78.4 Å². The van der Waals surface area contributed by atoms with Crippen LogP contribution in [0.25, 0.3) is 0 Å². The van der Waals surface area contributed by atoms with Crippen LogP contribution in [0.3, 0.4) is 0 Å². The second-order valence-electron chi connectivity index (χ2n) is 5.00. The molecule has 0 aliphatic heterocycles. The molecule has 0 fully saturated rings. The maximum absolute atomic E-state index is 12.2. The van der Waals surface area contributed by atoms with Crippen LogP contribution in [0.1, 0.15) is 24.2 Å². The third-order valence-electron chi connectivity index (χ3n) is 3.33. The van der Waals surface area contributed by atoms with Crippen molar-refractivity contribution in [1.82, 2.24) is 15.1 Å². The molecule has 0 spiro atoms. The first-order valence-corrected chi connectivity index (χ1v) is 7.18. The summed E-state index contributed by atoms with van der Waals surface area (Å²) in [5.74, 6) is 0.385. The van der Waals surface area contributed by atoms with Crippen molar-refractivity contribution in [3.63, 3.8) is 0 Å². The van der Waals surface area contributed by atoms with Gasteiger partial charge in [0.2, 0.25) is 0 Å². The Morgan fingerprint density at radius 1 is 1.32 bits per heavy atom. The zero-order chi connectivity index (χ0) is 15.9. The van der Waals surface area contributed by atoms with Crippen LogP contribution >= 0.6 is 0 Å². The van der Waals surface area contributed by atoms with Crippen LogP contribution in [-0.4, -0.2) is 39.3 Å². The van der Waals surface area contributed by atoms with Crippen molar-refractivity contribution in [2.75, 3.05) is 18.4 Å². The van der Waals surface area contributed by atoms with E-state index in [-0.39, 0.29) is 12.6 Å². The number of nitrogens with one attached hydrogen (secondary N) is 1. The number of likely N-dealkylation sites (N-methyl/N-ethyl adjacent to an activating group) is 1. The van der Waals surface area contributed by atoms with Crippen LogP contribution in [-0.2, 0) is 0 Å². The number of benzene rings is 1. The van der Waals surface area contributed by atoms with Gasteiger partial charge in [0.1, 0.15) is 0 Å². The average molecular weight is 300 g/mol. The van der Waals surface area contributed by atoms with Gasteiger partial charge < -0.3 is 10.0 Å². The molecule has 1 atom stereocenters. The van der Waals surface area contributed by atoms with E-state index in [9.17, 15) is 9.90 Å². The highest BCUT2D eigenvalue weighted by atomic mass is 16.3. The Morgan fingerprint density at radius 2 is 2.05 bits per heavy atom. The molecular weight excluding hydrogens is 280 g/mol. The Hall–Kier alpha value is -2.47. The number of aliphatic hydroxyl groups excluding tert-OH is 1. The molecule has 0 bridgehead atoms. The van der Waals surface area contributed by atoms with E-state index < -0.39 is 6.10 Å². The summed E-state index contributed by atoms with van der Waals surface area (Å²) < 4.78 is 0. The largest absolute Gasteiger partial charge is 0.387 e. The van der Waals surface area contributed by atoms with E-state index in [1.807, 2.05) is 38.1 Å². The van der Waals surface area contributed by atoms with Gasteiger partial charge in [0.15, 0.2) is 5.82 Å². The molecule has 22 heavy (non-hydrogen) atoms. The molecule has 0 saturated carbocycles. The second-order valence-corrected chi connectivity index (χ2v) is 5.00. The number of aryl methyl sites for hydroxylation is 1. The van der Waals surface area contributed by atoms with E-state index >= 15 is 0 Å². The molecule has 1 aromatic heterocycles. The van der Waals surface area contributed by atoms with Gasteiger partial charge in [-0.25, -0.2) is 4.79 Å². The van der Waals surface area contributed by atoms with Gasteiger partial charge in [0.05, 0.1) is 12.6 Å². The van der Waals surface area contributed by atoms with Crippen LogP contribution in [0.2, 0.25) is 0 Å². The standard InChI is InChI=1S/C16H20N4O2/c1-3-20(16(22)18-15-5-4-10-17-19-15)11-14(21)13-8-6-12(2)7-9-13/h4-10,14,21H,3,11H2,1-2H3,(H,18,19,22). The Balaban J connectivity index is 1.99. The molecule has 0 aliphatic carbocycles. The first-order chi connectivity index (χ1) is 10.6. The molecule has 1 heterocycles. The van der Waals surface area contributed by atoms with Gasteiger partial charge in [0.25, 0.3) is 0 Å². The summed E-state index contributed by atoms with van der Waals surface area (Å²) >= 11 is 0. The third-order valence-corrected chi connectivity index (χ3v) is 3.33. The van der Waals surface area contributed by atoms with Gasteiger partial charge >= 0.3 is 6.03 Å². The normalized spacial score (nSPS) is 11.8. The van der Waals surface area contributed by atoms with E-state index in [0.29, 0.717) is 12.4 Å². The van der Waals surface area contributed by atoms with E-state index in [2.05, 4.69) is 15.5 Å². The lowest BCUT2D eigenvalue weighted by atomic mass is 10.1. The number of hydrogen-bond acceptors (Lipinski definition) is 4. The summed E-state index contributed by atoms with van der Waals surface area (Å²) in [5.41, 5.74) is 1.92. The number of carbonyl (C=O) groups excluding carboxylic acids is 1. The number of hydrogen-bond donors (Lipinski definition) is 2. The fourth-order valence-electron chi connectivity index (χ4n) is 2.02. The monoisotopic (exact) mass is 300 g/mol. The quantitative estimate of drug-likeness (QED) is 0.888. The zero-order valence-corrected chi connectivity index (χ0v) is 12.7. The molecule has 116 valence electrons. The molecule has 2 aromatic rings. The van der Waals surface area contributed by atoms with Crippen molar-refractivity contribution in [1.29, 1.82) is 0 Å². The van der Waals surface area contributed by atoms with Gasteiger partial charge in [-0.05, 0) is 31.5 Å². The zero-order valence-electron chi connectivity index (χ0n) is 12.7. The molecule has 0 saturated heterocycles. The van der Waals surface area contributed by atoms with Crippen molar-refractivity contribution in [2.45, 2.75) is 20.0 Å². The summed E-state index contributed by atoms with van der Waals surface area (Å²) in [6.07, 6.45) is 0.808. The van der Waals surface area contributed by atoms with Gasteiger partial charge in [-0.2, -0.15) is 5.10 Å². The molecule has 2 rings (SSSR count). The van der Waals surface area contributed by atoms with Gasteiger partial charge in [-0.1, -0.05) is 29.8 Å². The Bertz CT molecular complexity index is 601. The average Bonchev–Trinajstić information content (AvgIpc) is 2.53. The molecule has 0 aliphatic rings. The highest BCUT2D eigenvalue weighted by molar-refractivity contribution is 5.88. The predicted octanol–water partition coefficient (Wildman–Crippen LogP) is 2.37. The Kier molecular flexibility index (Phi) is 5.43. The molecular formula is C16H20N4O2. The number of rotatable bonds is 5. The maximum atomic E-state index is 12.2. The first-order valence-electron chi connectivity index (χ1n) is 7.18. The smallest absolute Gasteiger partial charge is 0.323 e. The van der Waals surface area contributed by atoms with Gasteiger partial charge in [-0.15, -0.1) is 5.10 Å². The van der Waals surface area contributed by atoms with Crippen LogP contribution in [0.4, 0.5) is 10.6 Å². The van der Waals surface area contributed by atoms with E-state index in [4.69, 9.17) is 0 Å². The SMILES string of the molecule is CCN(CC(O)c1ccc(C)cc1)C(=O)Nc1cccnn1. The summed E-state index contributed by atoms with van der Waals surface area (Å²) in [6.45, 7) is 4.54. The van der Waals surface area contributed by atoms with Crippen molar-refractivity contribution < 1.29 is 9.90 Å². The molecule has 2 N–H and O–H groups in total. The number of amides is 2. The molecule has 6 heteroatoms. The molecule has 1 aromatic carbocycles. The number of aliphatic hydroxyl groups is 1. The van der Waals surface area contributed by atoms with Gasteiger partial charge in [0, 0.05) is 12.7 Å². The van der Waals surface area contributed by atoms with Crippen molar-refractivity contribution in [3.8, 4) is 0 Å². The summed E-state index contributed by atoms with van der Waals surface area (Å²) in [4.78, 5) is 13.7. The van der Waals surface area contributed by atoms with Crippen LogP contribution in [0, 0.1) is 6.92 Å². The van der Waals surface area contributed by atoms with Crippen molar-refractivity contribution in [3.05, 3.63) is 53.7 Å². The molecule has 2 amide bonds. The first kappa shape index (κ1) is 15.9. The maximum Gasteiger partial charge on any atom is 0.323 e. The van der Waals surface area contributed by atoms with Crippen LogP contribution in [0.15, 0.2) is 42.6 Å². The van der Waals surface area contributed by atoms with Crippen molar-refractivity contribution in [2.24, 2.45) is 0 Å². The van der Waals surface area contributed by atoms with Crippen LogP contribution in [0.5, 0.6) is 0 Å². The molecule has 0 radical (unpaired) electrons. The Morgan fingerprint density at radius 3 is 2.64 bits per heavy atom. The van der Waals surface area contributed by atoms with Crippen molar-refractivity contribution >= 4 is 11.8 Å². The lowest BCUT2D eigenvalue weighted by molar-refractivity contribution is 0.128. The number of nitrogens with zero attached hydrogens (tertiary/aromatic N) is 3. The fourth-order valence-corrected chi connectivity index (χ4v) is 2.02. The number of urea groups is 1. The lowest BCUT2D eigenvalue weighted by Crippen LogP contribution is -2.38. The van der Waals surface area contributed by atoms with E-state index in [1.54, 1.807) is 12.1 Å². The minimum Gasteiger partial charge on any atom is -0.387 e. The fraction of sp³-hybridized carbons (Fsp3) is 0.312. The Labute approximate surface area is 129 Å². The second kappa shape index (κ2) is 7.51. The molecule has 6 nitrogen and oxygen atoms in total. The van der Waals surface area contributed by atoms with E-state index in [1.165, 1.54) is 11.1 Å². The van der Waals surface area contributed by atoms with Crippen LogP contribution < -0.4 is 5.32 Å². The van der Waals surface area contributed by atoms with E-state index in [0.717, 1.165) is 11.1 Å². The minimum atomic E-state index is -0.729. The summed E-state index contributed by atoms with van der Waals surface area (Å²) in [5, 5.41) is 20.5. The summed E-state index contributed by atoms with van der Waals surface area (Å²) in [6, 6.07) is 10.7. The minimum absolute atomic E-state index is 0.214. The number of aromatic nitrogens is 2. The molecule has 1 unspecified atom stereocenters. The highest BCUT2D eigenvalue weighted by Gasteiger charge is 2.17. The highest BCUT2D eigenvalue weighted by Crippen LogP contribution is 2.15. The number of anilines is 1. The predicted molar refractivity (Wildman–Crippen MR) is 84.4 cm³/mol. The number of carbonyl (C=O) groups is 1. The summed E-state index contributed by atoms with van der Waals surface area (Å²) in [7, 11) is 0.